The van der Waals surface area contributed by atoms with Crippen molar-refractivity contribution in [2.75, 3.05) is 14.1 Å². The molecule has 1 rings (SSSR count). The quantitative estimate of drug-likeness (QED) is 0.909. The van der Waals surface area contributed by atoms with Gasteiger partial charge in [-0.1, -0.05) is 20.8 Å². The van der Waals surface area contributed by atoms with Gasteiger partial charge >= 0.3 is 0 Å². The van der Waals surface area contributed by atoms with Crippen molar-refractivity contribution in [2.45, 2.75) is 44.5 Å². The summed E-state index contributed by atoms with van der Waals surface area (Å²) in [5.41, 5.74) is -0.0904. The molecule has 1 heterocycles. The van der Waals surface area contributed by atoms with Gasteiger partial charge in [-0.3, -0.25) is 0 Å². The summed E-state index contributed by atoms with van der Waals surface area (Å²) in [6, 6.07) is 3.50. The zero-order chi connectivity index (χ0) is 14.8. The van der Waals surface area contributed by atoms with Gasteiger partial charge in [0.2, 0.25) is 0 Å². The largest absolute Gasteiger partial charge is 0.315 e. The smallest absolute Gasteiger partial charge is 0.252 e. The van der Waals surface area contributed by atoms with E-state index >= 15 is 0 Å². The van der Waals surface area contributed by atoms with Crippen LogP contribution in [0.1, 0.15) is 32.6 Å². The summed E-state index contributed by atoms with van der Waals surface area (Å²) in [4.78, 5) is 1.03. The third-order valence-corrected chi connectivity index (χ3v) is 6.90. The Morgan fingerprint density at radius 2 is 1.95 bits per heavy atom. The van der Waals surface area contributed by atoms with E-state index in [0.717, 1.165) is 4.88 Å². The van der Waals surface area contributed by atoms with Crippen molar-refractivity contribution in [2.24, 2.45) is 5.41 Å². The minimum Gasteiger partial charge on any atom is -0.315 e. The normalized spacial score (nSPS) is 14.9. The summed E-state index contributed by atoms with van der Waals surface area (Å²) < 4.78 is 27.0. The van der Waals surface area contributed by atoms with E-state index in [-0.39, 0.29) is 11.5 Å². The molecule has 0 aromatic carbocycles. The van der Waals surface area contributed by atoms with Crippen molar-refractivity contribution >= 4 is 21.4 Å². The first kappa shape index (κ1) is 16.6. The molecular formula is C13H24N2O2S2. The highest BCUT2D eigenvalue weighted by Crippen LogP contribution is 2.30. The first-order chi connectivity index (χ1) is 8.60. The van der Waals surface area contributed by atoms with Crippen LogP contribution in [0, 0.1) is 5.41 Å². The van der Waals surface area contributed by atoms with Crippen molar-refractivity contribution < 1.29 is 8.42 Å². The van der Waals surface area contributed by atoms with E-state index in [9.17, 15) is 8.42 Å². The molecule has 0 aliphatic heterocycles. The molecule has 0 saturated heterocycles. The zero-order valence-corrected chi connectivity index (χ0v) is 14.2. The Labute approximate surface area is 120 Å². The number of nitrogens with zero attached hydrogens (tertiary/aromatic N) is 1. The molecule has 1 unspecified atom stereocenters. The minimum atomic E-state index is -3.39. The average molecular weight is 304 g/mol. The number of sulfonamides is 1. The molecule has 1 atom stereocenters. The fraction of sp³-hybridized carbons (Fsp3) is 0.692. The first-order valence-corrected chi connectivity index (χ1v) is 8.57. The number of rotatable bonds is 5. The Hall–Kier alpha value is -0.430. The van der Waals surface area contributed by atoms with Gasteiger partial charge in [-0.25, -0.2) is 8.42 Å². The van der Waals surface area contributed by atoms with Gasteiger partial charge in [0, 0.05) is 24.5 Å². The van der Waals surface area contributed by atoms with Crippen LogP contribution in [0.4, 0.5) is 0 Å². The van der Waals surface area contributed by atoms with Gasteiger partial charge in [0.25, 0.3) is 10.0 Å². The lowest BCUT2D eigenvalue weighted by Gasteiger charge is -2.34. The lowest BCUT2D eigenvalue weighted by atomic mass is 9.88. The summed E-state index contributed by atoms with van der Waals surface area (Å²) in [6.07, 6.45) is 0. The van der Waals surface area contributed by atoms with E-state index in [1.807, 2.05) is 40.8 Å². The van der Waals surface area contributed by atoms with Gasteiger partial charge in [-0.15, -0.1) is 11.3 Å². The SMILES string of the molecule is CNCc1ccc(S(=O)(=O)N(C)C(C)C(C)(C)C)s1. The molecule has 19 heavy (non-hydrogen) atoms. The van der Waals surface area contributed by atoms with Crippen molar-refractivity contribution in [3.8, 4) is 0 Å². The molecule has 0 saturated carbocycles. The minimum absolute atomic E-state index is 0.0626. The summed E-state index contributed by atoms with van der Waals surface area (Å²) in [7, 11) is 0.110. The van der Waals surface area contributed by atoms with Crippen LogP contribution in [-0.4, -0.2) is 32.9 Å². The van der Waals surface area contributed by atoms with Crippen LogP contribution in [0.15, 0.2) is 16.3 Å². The maximum atomic E-state index is 12.6. The summed E-state index contributed by atoms with van der Waals surface area (Å²) in [5, 5.41) is 3.03. The van der Waals surface area contributed by atoms with E-state index in [4.69, 9.17) is 0 Å². The highest BCUT2D eigenvalue weighted by Gasteiger charge is 2.33. The molecule has 0 bridgehead atoms. The molecule has 0 radical (unpaired) electrons. The van der Waals surface area contributed by atoms with Crippen molar-refractivity contribution in [3.63, 3.8) is 0 Å². The Balaban J connectivity index is 3.02. The van der Waals surface area contributed by atoms with E-state index in [1.54, 1.807) is 13.1 Å². The fourth-order valence-corrected chi connectivity index (χ4v) is 4.76. The standard InChI is InChI=1S/C13H24N2O2S2/c1-10(13(2,3)4)15(6)19(16,17)12-8-7-11(18-12)9-14-5/h7-8,10,14H,9H2,1-6H3. The van der Waals surface area contributed by atoms with Crippen molar-refractivity contribution in [3.05, 3.63) is 17.0 Å². The molecule has 110 valence electrons. The lowest BCUT2D eigenvalue weighted by molar-refractivity contribution is 0.217. The summed E-state index contributed by atoms with van der Waals surface area (Å²) in [5.74, 6) is 0. The third-order valence-electron chi connectivity index (χ3n) is 3.42. The Morgan fingerprint density at radius 3 is 2.42 bits per heavy atom. The van der Waals surface area contributed by atoms with Gasteiger partial charge in [-0.2, -0.15) is 4.31 Å². The highest BCUT2D eigenvalue weighted by molar-refractivity contribution is 7.91. The maximum Gasteiger partial charge on any atom is 0.252 e. The third kappa shape index (κ3) is 3.78. The Morgan fingerprint density at radius 1 is 1.37 bits per heavy atom. The molecular weight excluding hydrogens is 280 g/mol. The number of thiophene rings is 1. The molecule has 0 fully saturated rings. The van der Waals surface area contributed by atoms with E-state index in [0.29, 0.717) is 10.8 Å². The van der Waals surface area contributed by atoms with E-state index < -0.39 is 10.0 Å². The molecule has 1 aromatic rings. The molecule has 0 aliphatic carbocycles. The topological polar surface area (TPSA) is 49.4 Å². The van der Waals surface area contributed by atoms with Crippen LogP contribution in [0.2, 0.25) is 0 Å². The number of hydrogen-bond donors (Lipinski definition) is 1. The fourth-order valence-electron chi connectivity index (χ4n) is 1.66. The van der Waals surface area contributed by atoms with Crippen LogP contribution in [0.25, 0.3) is 0 Å². The maximum absolute atomic E-state index is 12.6. The van der Waals surface area contributed by atoms with Crippen LogP contribution in [-0.2, 0) is 16.6 Å². The van der Waals surface area contributed by atoms with Crippen LogP contribution >= 0.6 is 11.3 Å². The molecule has 0 amide bonds. The van der Waals surface area contributed by atoms with Gasteiger partial charge < -0.3 is 5.32 Å². The molecule has 4 nitrogen and oxygen atoms in total. The van der Waals surface area contributed by atoms with Crippen molar-refractivity contribution in [1.29, 1.82) is 0 Å². The Kier molecular flexibility index (Phi) is 5.17. The van der Waals surface area contributed by atoms with Gasteiger partial charge in [0.1, 0.15) is 4.21 Å². The second-order valence-electron chi connectivity index (χ2n) is 5.81. The van der Waals surface area contributed by atoms with Gasteiger partial charge in [-0.05, 0) is 31.5 Å². The summed E-state index contributed by atoms with van der Waals surface area (Å²) in [6.45, 7) is 8.78. The van der Waals surface area contributed by atoms with Gasteiger partial charge in [0.05, 0.1) is 0 Å². The number of nitrogens with one attached hydrogen (secondary N) is 1. The predicted octanol–water partition coefficient (Wildman–Crippen LogP) is 2.52. The monoisotopic (exact) mass is 304 g/mol. The van der Waals surface area contributed by atoms with Gasteiger partial charge in [0.15, 0.2) is 0 Å². The van der Waals surface area contributed by atoms with E-state index in [1.165, 1.54) is 15.6 Å². The second kappa shape index (κ2) is 5.91. The zero-order valence-electron chi connectivity index (χ0n) is 12.5. The molecule has 6 heteroatoms. The first-order valence-electron chi connectivity index (χ1n) is 6.32. The predicted molar refractivity (Wildman–Crippen MR) is 80.9 cm³/mol. The average Bonchev–Trinajstić information content (AvgIpc) is 2.75. The molecule has 0 aliphatic rings. The second-order valence-corrected chi connectivity index (χ2v) is 9.21. The van der Waals surface area contributed by atoms with E-state index in [2.05, 4.69) is 5.32 Å². The van der Waals surface area contributed by atoms with Crippen LogP contribution in [0.5, 0.6) is 0 Å². The highest BCUT2D eigenvalue weighted by atomic mass is 32.2. The lowest BCUT2D eigenvalue weighted by Crippen LogP contribution is -2.42. The summed E-state index contributed by atoms with van der Waals surface area (Å²) >= 11 is 1.33. The molecule has 0 spiro atoms. The Bertz CT molecular complexity index is 515. The van der Waals surface area contributed by atoms with Crippen LogP contribution < -0.4 is 5.32 Å². The molecule has 1 aromatic heterocycles. The molecule has 1 N–H and O–H groups in total. The number of hydrogen-bond acceptors (Lipinski definition) is 4. The van der Waals surface area contributed by atoms with Crippen LogP contribution in [0.3, 0.4) is 0 Å². The van der Waals surface area contributed by atoms with Crippen molar-refractivity contribution in [1.82, 2.24) is 9.62 Å².